The van der Waals surface area contributed by atoms with Crippen LogP contribution in [-0.2, 0) is 19.6 Å². The van der Waals surface area contributed by atoms with Gasteiger partial charge in [0, 0.05) is 0 Å². The Hall–Kier alpha value is -2.74. The summed E-state index contributed by atoms with van der Waals surface area (Å²) >= 11 is 0. The van der Waals surface area contributed by atoms with Gasteiger partial charge in [-0.15, -0.1) is 0 Å². The fourth-order valence-corrected chi connectivity index (χ4v) is 4.05. The fraction of sp³-hybridized carbons (Fsp3) is 0.176. The highest BCUT2D eigenvalue weighted by atomic mass is 32.2. The van der Waals surface area contributed by atoms with E-state index in [-0.39, 0.29) is 10.5 Å². The van der Waals surface area contributed by atoms with Gasteiger partial charge in [0.15, 0.2) is 0 Å². The van der Waals surface area contributed by atoms with Crippen molar-refractivity contribution in [1.29, 1.82) is 0 Å². The van der Waals surface area contributed by atoms with Gasteiger partial charge in [-0.3, -0.25) is 9.59 Å². The average molecular weight is 363 g/mol. The topological polar surface area (TPSA) is 80.8 Å². The first kappa shape index (κ1) is 17.1. The minimum absolute atomic E-state index is 0.0295. The summed E-state index contributed by atoms with van der Waals surface area (Å²) in [6, 6.07) is 11.1. The molecule has 1 unspecified atom stereocenters. The second-order valence-electron chi connectivity index (χ2n) is 5.50. The second kappa shape index (κ2) is 6.29. The smallest absolute Gasteiger partial charge is 0.327 e. The summed E-state index contributed by atoms with van der Waals surface area (Å²) in [5, 5.41) is 0. The number of carbonyl (C=O) groups is 2. The monoisotopic (exact) mass is 363 g/mol. The number of hydrogen-bond donors (Lipinski definition) is 0. The number of benzene rings is 2. The summed E-state index contributed by atoms with van der Waals surface area (Å²) in [5.74, 6) is -2.06. The van der Waals surface area contributed by atoms with Gasteiger partial charge in [0.2, 0.25) is 0 Å². The van der Waals surface area contributed by atoms with Gasteiger partial charge in [-0.1, -0.05) is 24.3 Å². The van der Waals surface area contributed by atoms with Crippen LogP contribution in [0.15, 0.2) is 53.4 Å². The van der Waals surface area contributed by atoms with Gasteiger partial charge >= 0.3 is 5.97 Å². The lowest BCUT2D eigenvalue weighted by atomic mass is 10.1. The van der Waals surface area contributed by atoms with Crippen LogP contribution >= 0.6 is 0 Å². The number of halogens is 1. The minimum atomic E-state index is -4.06. The molecule has 0 aromatic heterocycles. The normalized spacial score (nSPS) is 16.4. The van der Waals surface area contributed by atoms with Gasteiger partial charge in [0.1, 0.15) is 23.4 Å². The van der Waals surface area contributed by atoms with Crippen molar-refractivity contribution in [3.63, 3.8) is 0 Å². The number of hydrogen-bond acceptors (Lipinski definition) is 5. The number of carbonyl (C=O) groups excluding carboxylic acids is 2. The molecule has 0 radical (unpaired) electrons. The zero-order chi connectivity index (χ0) is 18.2. The highest BCUT2D eigenvalue weighted by Crippen LogP contribution is 2.30. The van der Waals surface area contributed by atoms with E-state index >= 15 is 0 Å². The van der Waals surface area contributed by atoms with Crippen molar-refractivity contribution < 1.29 is 27.1 Å². The largest absolute Gasteiger partial charge is 0.456 e. The molecule has 1 aliphatic rings. The van der Waals surface area contributed by atoms with Crippen molar-refractivity contribution >= 4 is 21.9 Å². The molecule has 6 nitrogen and oxygen atoms in total. The van der Waals surface area contributed by atoms with E-state index in [4.69, 9.17) is 4.74 Å². The molecule has 8 heteroatoms. The third-order valence-electron chi connectivity index (χ3n) is 3.83. The van der Waals surface area contributed by atoms with Gasteiger partial charge in [0.25, 0.3) is 15.9 Å². The van der Waals surface area contributed by atoms with Crippen LogP contribution in [0.4, 0.5) is 4.39 Å². The first-order valence-electron chi connectivity index (χ1n) is 7.42. The standard InChI is InChI=1S/C17H14FNO5S/c1-11(12-6-8-13(18)9-7-12)24-16(20)10-19-17(21)14-4-2-3-5-15(14)25(19,22)23/h2-9,11H,10H2,1H3. The summed E-state index contributed by atoms with van der Waals surface area (Å²) in [6.07, 6.45) is -0.712. The van der Waals surface area contributed by atoms with Crippen LogP contribution in [0.1, 0.15) is 28.9 Å². The maximum Gasteiger partial charge on any atom is 0.327 e. The fourth-order valence-electron chi connectivity index (χ4n) is 2.54. The number of nitrogens with zero attached hydrogens (tertiary/aromatic N) is 1. The summed E-state index contributed by atoms with van der Waals surface area (Å²) in [5.41, 5.74) is 0.579. The third-order valence-corrected chi connectivity index (χ3v) is 5.62. The Labute approximate surface area is 143 Å². The van der Waals surface area contributed by atoms with Crippen molar-refractivity contribution in [1.82, 2.24) is 4.31 Å². The van der Waals surface area contributed by atoms with Crippen molar-refractivity contribution in [3.05, 3.63) is 65.5 Å². The number of esters is 1. The van der Waals surface area contributed by atoms with E-state index < -0.39 is 40.4 Å². The van der Waals surface area contributed by atoms with E-state index in [1.54, 1.807) is 13.0 Å². The molecular weight excluding hydrogens is 349 g/mol. The lowest BCUT2D eigenvalue weighted by Crippen LogP contribution is -2.36. The lowest BCUT2D eigenvalue weighted by molar-refractivity contribution is -0.148. The SMILES string of the molecule is CC(OC(=O)CN1C(=O)c2ccccc2S1(=O)=O)c1ccc(F)cc1. The highest BCUT2D eigenvalue weighted by Gasteiger charge is 2.42. The number of rotatable bonds is 4. The van der Waals surface area contributed by atoms with Crippen LogP contribution in [0.3, 0.4) is 0 Å². The molecule has 1 atom stereocenters. The van der Waals surface area contributed by atoms with Crippen molar-refractivity contribution in [3.8, 4) is 0 Å². The number of fused-ring (bicyclic) bond motifs is 1. The Morgan fingerprint density at radius 2 is 1.80 bits per heavy atom. The highest BCUT2D eigenvalue weighted by molar-refractivity contribution is 7.90. The van der Waals surface area contributed by atoms with Crippen LogP contribution in [0.2, 0.25) is 0 Å². The molecular formula is C17H14FNO5S. The Kier molecular flexibility index (Phi) is 4.30. The minimum Gasteiger partial charge on any atom is -0.456 e. The van der Waals surface area contributed by atoms with E-state index in [0.29, 0.717) is 9.87 Å². The van der Waals surface area contributed by atoms with E-state index in [2.05, 4.69) is 0 Å². The quantitative estimate of drug-likeness (QED) is 0.779. The molecule has 2 aromatic carbocycles. The molecule has 1 heterocycles. The van der Waals surface area contributed by atoms with E-state index in [0.717, 1.165) is 0 Å². The van der Waals surface area contributed by atoms with Gasteiger partial charge in [-0.2, -0.15) is 0 Å². The molecule has 1 aliphatic heterocycles. The summed E-state index contributed by atoms with van der Waals surface area (Å²) in [4.78, 5) is 24.2. The Morgan fingerprint density at radius 3 is 2.44 bits per heavy atom. The predicted molar refractivity (Wildman–Crippen MR) is 85.6 cm³/mol. The maximum atomic E-state index is 12.9. The van der Waals surface area contributed by atoms with Crippen LogP contribution in [0.25, 0.3) is 0 Å². The summed E-state index contributed by atoms with van der Waals surface area (Å²) in [6.45, 7) is 0.849. The lowest BCUT2D eigenvalue weighted by Gasteiger charge is -2.17. The Morgan fingerprint density at radius 1 is 1.16 bits per heavy atom. The van der Waals surface area contributed by atoms with Crippen LogP contribution in [0.5, 0.6) is 0 Å². The van der Waals surface area contributed by atoms with Crippen molar-refractivity contribution in [2.45, 2.75) is 17.9 Å². The zero-order valence-electron chi connectivity index (χ0n) is 13.2. The van der Waals surface area contributed by atoms with E-state index in [9.17, 15) is 22.4 Å². The molecule has 0 fully saturated rings. The molecule has 0 bridgehead atoms. The van der Waals surface area contributed by atoms with Crippen LogP contribution in [0, 0.1) is 5.82 Å². The first-order valence-corrected chi connectivity index (χ1v) is 8.86. The predicted octanol–water partition coefficient (Wildman–Crippen LogP) is 2.27. The molecule has 25 heavy (non-hydrogen) atoms. The Balaban J connectivity index is 1.73. The van der Waals surface area contributed by atoms with Gasteiger partial charge < -0.3 is 4.74 Å². The molecule has 0 saturated heterocycles. The van der Waals surface area contributed by atoms with Gasteiger partial charge in [-0.05, 0) is 36.8 Å². The first-order chi connectivity index (χ1) is 11.8. The summed E-state index contributed by atoms with van der Waals surface area (Å²) < 4.78 is 43.3. The summed E-state index contributed by atoms with van der Waals surface area (Å²) in [7, 11) is -4.06. The van der Waals surface area contributed by atoms with E-state index in [1.807, 2.05) is 0 Å². The molecule has 0 spiro atoms. The number of amides is 1. The average Bonchev–Trinajstić information content (AvgIpc) is 2.77. The number of sulfonamides is 1. The molecule has 0 N–H and O–H groups in total. The van der Waals surface area contributed by atoms with Crippen molar-refractivity contribution in [2.75, 3.05) is 6.54 Å². The Bertz CT molecular complexity index is 940. The van der Waals surface area contributed by atoms with Gasteiger partial charge in [-0.25, -0.2) is 17.1 Å². The van der Waals surface area contributed by atoms with Crippen LogP contribution < -0.4 is 0 Å². The molecule has 2 aromatic rings. The van der Waals surface area contributed by atoms with Crippen molar-refractivity contribution in [2.24, 2.45) is 0 Å². The second-order valence-corrected chi connectivity index (χ2v) is 7.33. The molecule has 130 valence electrons. The molecule has 3 rings (SSSR count). The number of ether oxygens (including phenoxy) is 1. The van der Waals surface area contributed by atoms with E-state index in [1.165, 1.54) is 42.5 Å². The van der Waals surface area contributed by atoms with Gasteiger partial charge in [0.05, 0.1) is 5.56 Å². The zero-order valence-corrected chi connectivity index (χ0v) is 14.0. The molecule has 0 saturated carbocycles. The third kappa shape index (κ3) is 3.12. The molecule has 0 aliphatic carbocycles. The molecule has 1 amide bonds. The van der Waals surface area contributed by atoms with Crippen LogP contribution in [-0.4, -0.2) is 31.1 Å². The maximum absolute atomic E-state index is 12.9.